The number of rotatable bonds is 9. The van der Waals surface area contributed by atoms with Crippen molar-refractivity contribution in [2.24, 2.45) is 10.7 Å². The van der Waals surface area contributed by atoms with Crippen LogP contribution in [0, 0.1) is 0 Å². The third kappa shape index (κ3) is 5.74. The number of sulfonamides is 1. The van der Waals surface area contributed by atoms with E-state index in [-0.39, 0.29) is 11.6 Å². The van der Waals surface area contributed by atoms with Gasteiger partial charge in [0.1, 0.15) is 10.8 Å². The molecule has 1 aromatic carbocycles. The summed E-state index contributed by atoms with van der Waals surface area (Å²) in [5, 5.41) is 1.93. The van der Waals surface area contributed by atoms with Gasteiger partial charge in [-0.25, -0.2) is 4.98 Å². The molecule has 10 nitrogen and oxygen atoms in total. The number of aliphatic imine (C=N–C) groups is 1. The predicted molar refractivity (Wildman–Crippen MR) is 149 cm³/mol. The number of thioether (sulfide) groups is 2. The predicted octanol–water partition coefficient (Wildman–Crippen LogP) is 2.16. The fourth-order valence-electron chi connectivity index (χ4n) is 4.30. The van der Waals surface area contributed by atoms with Crippen LogP contribution in [-0.4, -0.2) is 90.8 Å². The summed E-state index contributed by atoms with van der Waals surface area (Å²) in [6.07, 6.45) is 1.43. The first-order valence-electron chi connectivity index (χ1n) is 11.8. The summed E-state index contributed by atoms with van der Waals surface area (Å²) >= 11 is 3.74. The molecular formula is C24H28N6O4S3. The third-order valence-corrected chi connectivity index (χ3v) is 10.0. The number of benzene rings is 1. The third-order valence-electron chi connectivity index (χ3n) is 6.18. The Balaban J connectivity index is 1.46. The molecule has 5 rings (SSSR count). The molecule has 0 spiro atoms. The number of aromatic nitrogens is 2. The van der Waals surface area contributed by atoms with Gasteiger partial charge < -0.3 is 20.4 Å². The van der Waals surface area contributed by atoms with E-state index >= 15 is 0 Å². The van der Waals surface area contributed by atoms with E-state index in [9.17, 15) is 13.2 Å². The van der Waals surface area contributed by atoms with Gasteiger partial charge in [0.15, 0.2) is 11.6 Å². The fourth-order valence-corrected chi connectivity index (χ4v) is 7.54. The van der Waals surface area contributed by atoms with Crippen molar-refractivity contribution in [3.63, 3.8) is 0 Å². The lowest BCUT2D eigenvalue weighted by Crippen LogP contribution is -2.37. The smallest absolute Gasteiger partial charge is 0.281 e. The van der Waals surface area contributed by atoms with Gasteiger partial charge in [-0.05, 0) is 24.3 Å². The minimum absolute atomic E-state index is 0.0736. The largest absolute Gasteiger partial charge is 0.484 e. The number of nitrogens with zero attached hydrogens (tertiary/aromatic N) is 4. The lowest BCUT2D eigenvalue weighted by Gasteiger charge is -2.28. The topological polar surface area (TPSA) is 134 Å². The second-order valence-corrected chi connectivity index (χ2v) is 13.2. The number of nitrogens with two attached hydrogens (primary N) is 1. The van der Waals surface area contributed by atoms with E-state index in [0.717, 1.165) is 46.6 Å². The lowest BCUT2D eigenvalue weighted by atomic mass is 10.2. The van der Waals surface area contributed by atoms with Crippen LogP contribution in [0.1, 0.15) is 5.69 Å². The van der Waals surface area contributed by atoms with Crippen molar-refractivity contribution < 1.29 is 17.9 Å². The Labute approximate surface area is 224 Å². The average Bonchev–Trinajstić information content (AvgIpc) is 3.54. The number of carbonyl (C=O) groups excluding carboxylic acids is 1. The summed E-state index contributed by atoms with van der Waals surface area (Å²) in [6.45, 7) is 3.64. The standard InChI is InChI=1S/C24H28N6O4S3/c1-29(37(32,33)22-4-2-3-5-26-22)20-12-17(34-15-21(25)31)10-16-11-19(28-23(16)20)24-27-13-18(36-24)14-30-6-8-35-9-7-30/h2-5,10-12,18,28H,6-9,13-15H2,1H3,(H2,25,31). The zero-order valence-corrected chi connectivity index (χ0v) is 22.7. The molecule has 2 aliphatic rings. The highest BCUT2D eigenvalue weighted by Crippen LogP contribution is 2.36. The van der Waals surface area contributed by atoms with Crippen molar-refractivity contribution in [2.75, 3.05) is 55.6 Å². The highest BCUT2D eigenvalue weighted by molar-refractivity contribution is 8.15. The number of hydrogen-bond donors (Lipinski definition) is 2. The number of primary amides is 1. The maximum Gasteiger partial charge on any atom is 0.281 e. The molecule has 1 amide bonds. The second-order valence-electron chi connectivity index (χ2n) is 8.78. The average molecular weight is 561 g/mol. The molecular weight excluding hydrogens is 533 g/mol. The number of amides is 1. The van der Waals surface area contributed by atoms with E-state index in [1.807, 2.05) is 17.8 Å². The summed E-state index contributed by atoms with van der Waals surface area (Å²) < 4.78 is 33.4. The van der Waals surface area contributed by atoms with E-state index in [0.29, 0.717) is 22.2 Å². The molecule has 13 heteroatoms. The van der Waals surface area contributed by atoms with Gasteiger partial charge in [0.05, 0.1) is 23.4 Å². The summed E-state index contributed by atoms with van der Waals surface area (Å²) in [7, 11) is -2.49. The van der Waals surface area contributed by atoms with Crippen LogP contribution in [0.25, 0.3) is 10.9 Å². The molecule has 0 saturated carbocycles. The molecule has 37 heavy (non-hydrogen) atoms. The first-order chi connectivity index (χ1) is 17.8. The summed E-state index contributed by atoms with van der Waals surface area (Å²) in [4.78, 5) is 26.0. The molecule has 1 fully saturated rings. The fraction of sp³-hybridized carbons (Fsp3) is 0.375. The van der Waals surface area contributed by atoms with Crippen molar-refractivity contribution in [1.82, 2.24) is 14.9 Å². The van der Waals surface area contributed by atoms with Crippen molar-refractivity contribution in [2.45, 2.75) is 10.3 Å². The Kier molecular flexibility index (Phi) is 7.65. The van der Waals surface area contributed by atoms with Crippen LogP contribution in [0.3, 0.4) is 0 Å². The van der Waals surface area contributed by atoms with E-state index in [1.54, 1.807) is 36.0 Å². The van der Waals surface area contributed by atoms with E-state index in [2.05, 4.69) is 14.9 Å². The van der Waals surface area contributed by atoms with Crippen molar-refractivity contribution in [3.05, 3.63) is 48.3 Å². The van der Waals surface area contributed by atoms with Gasteiger partial charge in [-0.3, -0.25) is 14.1 Å². The van der Waals surface area contributed by atoms with Crippen LogP contribution in [-0.2, 0) is 14.8 Å². The maximum atomic E-state index is 13.3. The van der Waals surface area contributed by atoms with Crippen LogP contribution < -0.4 is 14.8 Å². The minimum atomic E-state index is -3.95. The van der Waals surface area contributed by atoms with Gasteiger partial charge >= 0.3 is 0 Å². The van der Waals surface area contributed by atoms with Crippen LogP contribution >= 0.6 is 23.5 Å². The zero-order chi connectivity index (χ0) is 26.0. The molecule has 3 N–H and O–H groups in total. The Bertz CT molecular complexity index is 1420. The van der Waals surface area contributed by atoms with Gasteiger partial charge in [0.25, 0.3) is 15.9 Å². The van der Waals surface area contributed by atoms with Crippen LogP contribution in [0.5, 0.6) is 5.75 Å². The summed E-state index contributed by atoms with van der Waals surface area (Å²) in [5.74, 6) is 2.05. The monoisotopic (exact) mass is 560 g/mol. The number of hydrogen-bond acceptors (Lipinski definition) is 9. The highest BCUT2D eigenvalue weighted by atomic mass is 32.2. The van der Waals surface area contributed by atoms with Crippen molar-refractivity contribution in [3.8, 4) is 5.75 Å². The second kappa shape index (κ2) is 10.9. The van der Waals surface area contributed by atoms with Crippen LogP contribution in [0.4, 0.5) is 5.69 Å². The first kappa shape index (κ1) is 25.9. The molecule has 4 heterocycles. The van der Waals surface area contributed by atoms with Gasteiger partial charge in [0.2, 0.25) is 0 Å². The molecule has 1 atom stereocenters. The Morgan fingerprint density at radius 1 is 1.27 bits per heavy atom. The van der Waals surface area contributed by atoms with Gasteiger partial charge in [-0.2, -0.15) is 20.2 Å². The number of ether oxygens (including phenoxy) is 1. The van der Waals surface area contributed by atoms with Crippen molar-refractivity contribution in [1.29, 1.82) is 0 Å². The number of H-pyrrole nitrogens is 1. The van der Waals surface area contributed by atoms with E-state index in [4.69, 9.17) is 15.5 Å². The number of carbonyl (C=O) groups is 1. The van der Waals surface area contributed by atoms with Crippen LogP contribution in [0.2, 0.25) is 0 Å². The Morgan fingerprint density at radius 3 is 2.81 bits per heavy atom. The maximum absolute atomic E-state index is 13.3. The summed E-state index contributed by atoms with van der Waals surface area (Å²) in [6, 6.07) is 9.99. The lowest BCUT2D eigenvalue weighted by molar-refractivity contribution is -0.119. The SMILES string of the molecule is CN(c1cc(OCC(N)=O)cc2cc(C3=NCC(CN4CCSCC4)S3)[nH]c12)S(=O)(=O)c1ccccn1. The van der Waals surface area contributed by atoms with E-state index < -0.39 is 15.9 Å². The Hall–Kier alpha value is -2.74. The van der Waals surface area contributed by atoms with E-state index in [1.165, 1.54) is 30.8 Å². The van der Waals surface area contributed by atoms with Gasteiger partial charge in [-0.1, -0.05) is 17.8 Å². The molecule has 3 aromatic rings. The van der Waals surface area contributed by atoms with Crippen molar-refractivity contribution >= 4 is 61.1 Å². The number of pyridine rings is 1. The molecule has 1 unspecified atom stereocenters. The number of anilines is 1. The van der Waals surface area contributed by atoms with Gasteiger partial charge in [0, 0.05) is 61.1 Å². The molecule has 0 aliphatic carbocycles. The highest BCUT2D eigenvalue weighted by Gasteiger charge is 2.28. The normalized spacial score (nSPS) is 18.6. The number of nitrogens with one attached hydrogen (secondary N) is 1. The minimum Gasteiger partial charge on any atom is -0.484 e. The van der Waals surface area contributed by atoms with Crippen LogP contribution in [0.15, 0.2) is 52.6 Å². The zero-order valence-electron chi connectivity index (χ0n) is 20.3. The molecule has 196 valence electrons. The Morgan fingerprint density at radius 2 is 2.08 bits per heavy atom. The van der Waals surface area contributed by atoms with Gasteiger partial charge in [-0.15, -0.1) is 0 Å². The molecule has 1 saturated heterocycles. The first-order valence-corrected chi connectivity index (χ1v) is 15.3. The molecule has 0 radical (unpaired) electrons. The molecule has 0 bridgehead atoms. The number of fused-ring (bicyclic) bond motifs is 1. The molecule has 2 aliphatic heterocycles. The number of aromatic amines is 1. The molecule has 2 aromatic heterocycles. The summed E-state index contributed by atoms with van der Waals surface area (Å²) in [5.41, 5.74) is 7.04. The quantitative estimate of drug-likeness (QED) is 0.407.